The Morgan fingerprint density at radius 1 is 0.354 bits per heavy atom. The van der Waals surface area contributed by atoms with Gasteiger partial charge in [-0.3, -0.25) is 9.59 Å². The van der Waals surface area contributed by atoms with Crippen LogP contribution >= 0.6 is 0 Å². The van der Waals surface area contributed by atoms with Gasteiger partial charge in [0.15, 0.2) is 0 Å². The van der Waals surface area contributed by atoms with Crippen molar-refractivity contribution in [3.05, 3.63) is 48.6 Å². The molecule has 0 rings (SSSR count). The van der Waals surface area contributed by atoms with Crippen LogP contribution in [0.2, 0.25) is 0 Å². The molecule has 0 spiro atoms. The van der Waals surface area contributed by atoms with Crippen LogP contribution in [0.15, 0.2) is 48.6 Å². The van der Waals surface area contributed by atoms with Gasteiger partial charge in [0, 0.05) is 12.8 Å². The van der Waals surface area contributed by atoms with Crippen LogP contribution in [0.5, 0.6) is 0 Å². The normalized spacial score (nSPS) is 12.8. The molecule has 0 fully saturated rings. The summed E-state index contributed by atoms with van der Waals surface area (Å²) in [5.41, 5.74) is 0. The smallest absolute Gasteiger partial charge is 0.305 e. The highest BCUT2D eigenvalue weighted by Crippen LogP contribution is 2.18. The second-order valence-corrected chi connectivity index (χ2v) is 24.2. The van der Waals surface area contributed by atoms with E-state index in [9.17, 15) is 19.8 Å². The lowest BCUT2D eigenvalue weighted by Crippen LogP contribution is -2.45. The van der Waals surface area contributed by atoms with E-state index in [1.807, 2.05) is 6.08 Å². The maximum absolute atomic E-state index is 12.5. The predicted octanol–water partition coefficient (Wildman–Crippen LogP) is 22.9. The topological polar surface area (TPSA) is 95.9 Å². The Morgan fingerprint density at radius 3 is 1.00 bits per heavy atom. The van der Waals surface area contributed by atoms with Gasteiger partial charge in [-0.1, -0.05) is 326 Å². The van der Waals surface area contributed by atoms with E-state index >= 15 is 0 Å². The van der Waals surface area contributed by atoms with Crippen LogP contribution < -0.4 is 5.32 Å². The standard InChI is InChI=1S/C73H137NO5/c1-3-5-7-9-11-13-15-17-18-19-33-37-40-43-47-51-55-59-63-67-73(78)79-68-64-60-56-52-48-44-41-38-35-32-30-28-26-24-22-20-21-23-25-27-29-31-34-36-39-42-46-50-54-58-62-66-72(77)74-70(69-75)71(76)65-61-57-53-49-45-16-14-12-10-8-6-4-2/h11,13,17-18,22,24,61,65,70-71,75-76H,3-10,12,14-16,19-21,23,25-60,62-64,66-69H2,1-2H3,(H,74,77)/b13-11-,18-17-,24-22-,65-61+. The Balaban J connectivity index is 3.35. The van der Waals surface area contributed by atoms with Gasteiger partial charge in [0.1, 0.15) is 0 Å². The number of carbonyl (C=O) groups excluding carboxylic acids is 2. The average molecular weight is 1110 g/mol. The molecule has 0 saturated heterocycles. The van der Waals surface area contributed by atoms with E-state index in [1.54, 1.807) is 6.08 Å². The number of ether oxygens (including phenoxy) is 1. The lowest BCUT2D eigenvalue weighted by Gasteiger charge is -2.20. The predicted molar refractivity (Wildman–Crippen MR) is 347 cm³/mol. The zero-order valence-electron chi connectivity index (χ0n) is 53.1. The van der Waals surface area contributed by atoms with E-state index in [-0.39, 0.29) is 18.5 Å². The quantitative estimate of drug-likeness (QED) is 0.0320. The van der Waals surface area contributed by atoms with Crippen molar-refractivity contribution in [2.75, 3.05) is 13.2 Å². The van der Waals surface area contributed by atoms with Crippen molar-refractivity contribution >= 4 is 11.9 Å². The summed E-state index contributed by atoms with van der Waals surface area (Å²) in [7, 11) is 0. The minimum absolute atomic E-state index is 0.0137. The number of aliphatic hydroxyl groups excluding tert-OH is 2. The van der Waals surface area contributed by atoms with E-state index in [0.717, 1.165) is 51.4 Å². The molecule has 0 aliphatic heterocycles. The number of amides is 1. The second-order valence-electron chi connectivity index (χ2n) is 24.2. The van der Waals surface area contributed by atoms with Gasteiger partial charge in [0.05, 0.1) is 25.4 Å². The van der Waals surface area contributed by atoms with Crippen LogP contribution in [-0.4, -0.2) is 47.4 Å². The summed E-state index contributed by atoms with van der Waals surface area (Å²) in [6.45, 7) is 4.89. The number of nitrogens with one attached hydrogen (secondary N) is 1. The third kappa shape index (κ3) is 64.8. The molecule has 0 aromatic heterocycles. The van der Waals surface area contributed by atoms with Gasteiger partial charge >= 0.3 is 5.97 Å². The van der Waals surface area contributed by atoms with Crippen molar-refractivity contribution < 1.29 is 24.5 Å². The van der Waals surface area contributed by atoms with Crippen LogP contribution in [-0.2, 0) is 14.3 Å². The van der Waals surface area contributed by atoms with Crippen molar-refractivity contribution in [1.82, 2.24) is 5.32 Å². The second kappa shape index (κ2) is 68.3. The minimum atomic E-state index is -0.842. The summed E-state index contributed by atoms with van der Waals surface area (Å²) in [6.07, 6.45) is 89.1. The molecule has 0 aromatic carbocycles. The third-order valence-electron chi connectivity index (χ3n) is 16.3. The maximum atomic E-state index is 12.5. The Labute approximate surface area is 493 Å². The van der Waals surface area contributed by atoms with Gasteiger partial charge < -0.3 is 20.3 Å². The first-order valence-corrected chi connectivity index (χ1v) is 35.4. The van der Waals surface area contributed by atoms with Crippen molar-refractivity contribution in [1.29, 1.82) is 0 Å². The molecule has 0 aliphatic carbocycles. The summed E-state index contributed by atoms with van der Waals surface area (Å²) in [5, 5.41) is 23.1. The van der Waals surface area contributed by atoms with E-state index in [1.165, 1.54) is 302 Å². The Morgan fingerprint density at radius 2 is 0.633 bits per heavy atom. The van der Waals surface area contributed by atoms with Crippen LogP contribution in [0.4, 0.5) is 0 Å². The Kier molecular flexibility index (Phi) is 66.4. The molecule has 2 unspecified atom stereocenters. The molecule has 6 nitrogen and oxygen atoms in total. The number of aliphatic hydroxyl groups is 2. The molecular weight excluding hydrogens is 971 g/mol. The highest BCUT2D eigenvalue weighted by Gasteiger charge is 2.18. The summed E-state index contributed by atoms with van der Waals surface area (Å²) in [4.78, 5) is 24.6. The van der Waals surface area contributed by atoms with Gasteiger partial charge in [-0.05, 0) is 89.9 Å². The molecule has 2 atom stereocenters. The number of carbonyl (C=O) groups is 2. The van der Waals surface area contributed by atoms with Gasteiger partial charge in [-0.2, -0.15) is 0 Å². The molecule has 0 radical (unpaired) electrons. The van der Waals surface area contributed by atoms with E-state index in [2.05, 4.69) is 55.6 Å². The van der Waals surface area contributed by atoms with Crippen molar-refractivity contribution in [3.63, 3.8) is 0 Å². The van der Waals surface area contributed by atoms with Crippen LogP contribution in [0.3, 0.4) is 0 Å². The lowest BCUT2D eigenvalue weighted by atomic mass is 10.0. The highest BCUT2D eigenvalue weighted by molar-refractivity contribution is 5.76. The first-order chi connectivity index (χ1) is 39.0. The van der Waals surface area contributed by atoms with Crippen LogP contribution in [0.25, 0.3) is 0 Å². The number of hydrogen-bond acceptors (Lipinski definition) is 5. The average Bonchev–Trinajstić information content (AvgIpc) is 3.45. The number of hydrogen-bond donors (Lipinski definition) is 3. The molecule has 6 heteroatoms. The SMILES string of the molecule is CCCCC/C=C\C/C=C\CCCCCCCCCCCC(=O)OCCCCCCCCCCCCCC/C=C\CCCCCCCCCCCCCCCCCC(=O)NC(CO)C(O)/C=C/CCCCCCCCCCCC. The molecule has 3 N–H and O–H groups in total. The number of unbranched alkanes of at least 4 members (excludes halogenated alkanes) is 49. The summed E-state index contributed by atoms with van der Waals surface area (Å²) in [5.74, 6) is -0.0519. The molecule has 0 heterocycles. The van der Waals surface area contributed by atoms with Crippen LogP contribution in [0, 0.1) is 0 Å². The highest BCUT2D eigenvalue weighted by atomic mass is 16.5. The molecule has 0 aliphatic rings. The summed E-state index contributed by atoms with van der Waals surface area (Å²) < 4.78 is 5.51. The van der Waals surface area contributed by atoms with Crippen molar-refractivity contribution in [2.45, 2.75) is 392 Å². The third-order valence-corrected chi connectivity index (χ3v) is 16.3. The molecule has 79 heavy (non-hydrogen) atoms. The molecule has 0 saturated carbocycles. The van der Waals surface area contributed by atoms with Crippen molar-refractivity contribution in [3.8, 4) is 0 Å². The molecule has 0 bridgehead atoms. The fourth-order valence-corrected chi connectivity index (χ4v) is 10.9. The van der Waals surface area contributed by atoms with Gasteiger partial charge in [-0.15, -0.1) is 0 Å². The molecule has 1 amide bonds. The number of esters is 1. The summed E-state index contributed by atoms with van der Waals surface area (Å²) >= 11 is 0. The maximum Gasteiger partial charge on any atom is 0.305 e. The zero-order chi connectivity index (χ0) is 57.1. The van der Waals surface area contributed by atoms with Gasteiger partial charge in [0.2, 0.25) is 5.91 Å². The summed E-state index contributed by atoms with van der Waals surface area (Å²) in [6, 6.07) is -0.626. The number of allylic oxidation sites excluding steroid dienone is 7. The van der Waals surface area contributed by atoms with E-state index < -0.39 is 12.1 Å². The van der Waals surface area contributed by atoms with Crippen molar-refractivity contribution in [2.24, 2.45) is 0 Å². The van der Waals surface area contributed by atoms with Gasteiger partial charge in [-0.25, -0.2) is 0 Å². The molecular formula is C73H137NO5. The fraction of sp³-hybridized carbons (Fsp3) is 0.863. The Hall–Kier alpha value is -2.18. The lowest BCUT2D eigenvalue weighted by molar-refractivity contribution is -0.143. The van der Waals surface area contributed by atoms with E-state index in [4.69, 9.17) is 4.74 Å². The first-order valence-electron chi connectivity index (χ1n) is 35.4. The van der Waals surface area contributed by atoms with Gasteiger partial charge in [0.25, 0.3) is 0 Å². The molecule has 464 valence electrons. The first kappa shape index (κ1) is 76.8. The fourth-order valence-electron chi connectivity index (χ4n) is 10.9. The van der Waals surface area contributed by atoms with Crippen LogP contribution in [0.1, 0.15) is 380 Å². The zero-order valence-corrected chi connectivity index (χ0v) is 53.1. The largest absolute Gasteiger partial charge is 0.466 e. The monoisotopic (exact) mass is 1110 g/mol. The number of rotatable bonds is 66. The Bertz CT molecular complexity index is 1320. The molecule has 0 aromatic rings. The minimum Gasteiger partial charge on any atom is -0.466 e. The van der Waals surface area contributed by atoms with E-state index in [0.29, 0.717) is 19.4 Å².